The van der Waals surface area contributed by atoms with Gasteiger partial charge in [0.1, 0.15) is 0 Å². The van der Waals surface area contributed by atoms with Gasteiger partial charge in [0.05, 0.1) is 24.0 Å². The summed E-state index contributed by atoms with van der Waals surface area (Å²) in [6.45, 7) is 4.05. The van der Waals surface area contributed by atoms with Gasteiger partial charge >= 0.3 is 0 Å². The first-order valence-corrected chi connectivity index (χ1v) is 9.32. The van der Waals surface area contributed by atoms with Crippen LogP contribution in [0.2, 0.25) is 0 Å². The maximum absolute atomic E-state index is 12.6. The summed E-state index contributed by atoms with van der Waals surface area (Å²) < 4.78 is 1.92. The molecule has 0 spiro atoms. The molecule has 0 fully saturated rings. The van der Waals surface area contributed by atoms with Crippen LogP contribution in [0, 0.1) is 0 Å². The number of benzene rings is 2. The van der Waals surface area contributed by atoms with E-state index in [1.165, 1.54) is 5.56 Å². The van der Waals surface area contributed by atoms with Crippen LogP contribution in [0.1, 0.15) is 28.5 Å². The molecule has 0 radical (unpaired) electrons. The summed E-state index contributed by atoms with van der Waals surface area (Å²) in [6, 6.07) is 20.3. The van der Waals surface area contributed by atoms with E-state index in [1.807, 2.05) is 48.1 Å². The zero-order valence-electron chi connectivity index (χ0n) is 15.9. The molecule has 0 aliphatic rings. The highest BCUT2D eigenvalue weighted by molar-refractivity contribution is 5.95. The summed E-state index contributed by atoms with van der Waals surface area (Å²) in [6.07, 6.45) is 2.44. The number of carbonyl (C=O) groups is 1. The Labute approximate surface area is 160 Å². The first-order valence-electron chi connectivity index (χ1n) is 9.32. The third-order valence-electron chi connectivity index (χ3n) is 4.63. The zero-order chi connectivity index (χ0) is 19.1. The van der Waals surface area contributed by atoms with E-state index >= 15 is 0 Å². The van der Waals surface area contributed by atoms with Gasteiger partial charge in [-0.25, -0.2) is 0 Å². The van der Waals surface area contributed by atoms with Crippen LogP contribution in [0.25, 0.3) is 0 Å². The normalized spacial score (nSPS) is 10.6. The van der Waals surface area contributed by atoms with E-state index in [2.05, 4.69) is 46.5 Å². The van der Waals surface area contributed by atoms with Crippen molar-refractivity contribution in [1.82, 2.24) is 15.1 Å². The molecule has 1 aromatic heterocycles. The van der Waals surface area contributed by atoms with Crippen molar-refractivity contribution < 1.29 is 4.79 Å². The summed E-state index contributed by atoms with van der Waals surface area (Å²) >= 11 is 0. The van der Waals surface area contributed by atoms with E-state index in [0.29, 0.717) is 18.7 Å². The van der Waals surface area contributed by atoms with E-state index < -0.39 is 0 Å². The number of amides is 1. The summed E-state index contributed by atoms with van der Waals surface area (Å²) in [5.41, 5.74) is 3.94. The number of rotatable bonds is 8. The largest absolute Gasteiger partial charge is 0.373 e. The lowest BCUT2D eigenvalue weighted by Crippen LogP contribution is -2.33. The molecule has 5 heteroatoms. The second kappa shape index (κ2) is 9.03. The van der Waals surface area contributed by atoms with Crippen molar-refractivity contribution in [3.63, 3.8) is 0 Å². The van der Waals surface area contributed by atoms with Crippen LogP contribution in [0.3, 0.4) is 0 Å². The number of hydrogen-bond donors (Lipinski definition) is 1. The minimum absolute atomic E-state index is 0.0624. The highest BCUT2D eigenvalue weighted by Gasteiger charge is 2.16. The lowest BCUT2D eigenvalue weighted by Gasteiger charge is -2.19. The molecule has 1 heterocycles. The van der Waals surface area contributed by atoms with Gasteiger partial charge in [-0.1, -0.05) is 55.5 Å². The SMILES string of the molecule is CCc1c(C(=O)NCCN(C)c2ccccc2)cnn1Cc1ccccc1. The van der Waals surface area contributed by atoms with Crippen LogP contribution in [0.15, 0.2) is 66.9 Å². The summed E-state index contributed by atoms with van der Waals surface area (Å²) in [5, 5.41) is 7.46. The van der Waals surface area contributed by atoms with Crippen molar-refractivity contribution in [1.29, 1.82) is 0 Å². The number of likely N-dealkylation sites (N-methyl/N-ethyl adjacent to an activating group) is 1. The Balaban J connectivity index is 1.60. The number of aromatic nitrogens is 2. The van der Waals surface area contributed by atoms with E-state index in [9.17, 15) is 4.79 Å². The fourth-order valence-corrected chi connectivity index (χ4v) is 3.11. The predicted octanol–water partition coefficient (Wildman–Crippen LogP) is 3.36. The highest BCUT2D eigenvalue weighted by atomic mass is 16.1. The van der Waals surface area contributed by atoms with Crippen LogP contribution in [-0.2, 0) is 13.0 Å². The van der Waals surface area contributed by atoms with Crippen molar-refractivity contribution in [3.05, 3.63) is 83.7 Å². The van der Waals surface area contributed by atoms with Gasteiger partial charge in [0.2, 0.25) is 0 Å². The monoisotopic (exact) mass is 362 g/mol. The first kappa shape index (κ1) is 18.7. The third-order valence-corrected chi connectivity index (χ3v) is 4.63. The van der Waals surface area contributed by atoms with Crippen molar-refractivity contribution in [2.75, 3.05) is 25.0 Å². The minimum atomic E-state index is -0.0624. The van der Waals surface area contributed by atoms with Gasteiger partial charge in [0.15, 0.2) is 0 Å². The lowest BCUT2D eigenvalue weighted by atomic mass is 10.1. The minimum Gasteiger partial charge on any atom is -0.373 e. The highest BCUT2D eigenvalue weighted by Crippen LogP contribution is 2.13. The Morgan fingerprint density at radius 1 is 1.07 bits per heavy atom. The molecule has 2 aromatic carbocycles. The predicted molar refractivity (Wildman–Crippen MR) is 109 cm³/mol. The third kappa shape index (κ3) is 4.76. The molecule has 0 aliphatic heterocycles. The topological polar surface area (TPSA) is 50.2 Å². The van der Waals surface area contributed by atoms with E-state index in [1.54, 1.807) is 6.20 Å². The Hall–Kier alpha value is -3.08. The van der Waals surface area contributed by atoms with Crippen LogP contribution in [0.5, 0.6) is 0 Å². The Bertz CT molecular complexity index is 859. The van der Waals surface area contributed by atoms with E-state index in [4.69, 9.17) is 0 Å². The fourth-order valence-electron chi connectivity index (χ4n) is 3.11. The van der Waals surface area contributed by atoms with Gasteiger partial charge in [-0.15, -0.1) is 0 Å². The number of nitrogens with one attached hydrogen (secondary N) is 1. The number of nitrogens with zero attached hydrogens (tertiary/aromatic N) is 3. The average molecular weight is 362 g/mol. The van der Waals surface area contributed by atoms with Crippen molar-refractivity contribution in [2.45, 2.75) is 19.9 Å². The van der Waals surface area contributed by atoms with E-state index in [-0.39, 0.29) is 5.91 Å². The van der Waals surface area contributed by atoms with Crippen molar-refractivity contribution >= 4 is 11.6 Å². The molecule has 5 nitrogen and oxygen atoms in total. The molecular formula is C22H26N4O. The maximum Gasteiger partial charge on any atom is 0.254 e. The Morgan fingerprint density at radius 2 is 1.74 bits per heavy atom. The van der Waals surface area contributed by atoms with E-state index in [0.717, 1.165) is 24.3 Å². The van der Waals surface area contributed by atoms with Gasteiger partial charge in [0.25, 0.3) is 5.91 Å². The second-order valence-corrected chi connectivity index (χ2v) is 6.51. The molecular weight excluding hydrogens is 336 g/mol. The molecule has 0 saturated heterocycles. The number of para-hydroxylation sites is 1. The molecule has 0 bridgehead atoms. The van der Waals surface area contributed by atoms with Crippen LogP contribution < -0.4 is 10.2 Å². The van der Waals surface area contributed by atoms with Crippen LogP contribution in [-0.4, -0.2) is 35.8 Å². The van der Waals surface area contributed by atoms with Crippen LogP contribution >= 0.6 is 0 Å². The summed E-state index contributed by atoms with van der Waals surface area (Å²) in [5.74, 6) is -0.0624. The number of anilines is 1. The maximum atomic E-state index is 12.6. The molecule has 1 N–H and O–H groups in total. The van der Waals surface area contributed by atoms with Gasteiger partial charge in [-0.2, -0.15) is 5.10 Å². The molecule has 0 saturated carbocycles. The van der Waals surface area contributed by atoms with Gasteiger partial charge in [0, 0.05) is 25.8 Å². The first-order chi connectivity index (χ1) is 13.2. The van der Waals surface area contributed by atoms with Crippen molar-refractivity contribution in [3.8, 4) is 0 Å². The summed E-state index contributed by atoms with van der Waals surface area (Å²) in [4.78, 5) is 14.8. The molecule has 3 aromatic rings. The zero-order valence-corrected chi connectivity index (χ0v) is 15.9. The molecule has 27 heavy (non-hydrogen) atoms. The quantitative estimate of drug-likeness (QED) is 0.668. The fraction of sp³-hybridized carbons (Fsp3) is 0.273. The molecule has 0 atom stereocenters. The van der Waals surface area contributed by atoms with Gasteiger partial charge < -0.3 is 10.2 Å². The molecule has 1 amide bonds. The second-order valence-electron chi connectivity index (χ2n) is 6.51. The lowest BCUT2D eigenvalue weighted by molar-refractivity contribution is 0.0953. The molecule has 0 aliphatic carbocycles. The smallest absolute Gasteiger partial charge is 0.254 e. The number of carbonyl (C=O) groups excluding carboxylic acids is 1. The average Bonchev–Trinajstić information content (AvgIpc) is 3.11. The summed E-state index contributed by atoms with van der Waals surface area (Å²) in [7, 11) is 2.02. The van der Waals surface area contributed by atoms with Crippen molar-refractivity contribution in [2.24, 2.45) is 0 Å². The molecule has 3 rings (SSSR count). The molecule has 0 unspecified atom stereocenters. The Kier molecular flexibility index (Phi) is 6.26. The van der Waals surface area contributed by atoms with Gasteiger partial charge in [-0.3, -0.25) is 9.48 Å². The molecule has 140 valence electrons. The standard InChI is InChI=1S/C22H26N4O/c1-3-21-20(16-24-26(21)17-18-10-6-4-7-11-18)22(27)23-14-15-25(2)19-12-8-5-9-13-19/h4-13,16H,3,14-15,17H2,1-2H3,(H,23,27). The van der Waals surface area contributed by atoms with Gasteiger partial charge in [-0.05, 0) is 24.1 Å². The van der Waals surface area contributed by atoms with Crippen LogP contribution in [0.4, 0.5) is 5.69 Å². The Morgan fingerprint density at radius 3 is 2.41 bits per heavy atom. The number of hydrogen-bond acceptors (Lipinski definition) is 3.